The van der Waals surface area contributed by atoms with Gasteiger partial charge in [-0.15, -0.1) is 0 Å². The molecule has 0 atom stereocenters. The molecule has 0 unspecified atom stereocenters. The zero-order valence-corrected chi connectivity index (χ0v) is 17.7. The first-order valence-electron chi connectivity index (χ1n) is 10.5. The second kappa shape index (κ2) is 9.57. The molecular formula is C24H27N5O2. The number of aromatic nitrogens is 1. The van der Waals surface area contributed by atoms with Gasteiger partial charge in [-0.1, -0.05) is 42.5 Å². The summed E-state index contributed by atoms with van der Waals surface area (Å²) in [6, 6.07) is 17.6. The topological polar surface area (TPSA) is 77.6 Å². The lowest BCUT2D eigenvalue weighted by molar-refractivity contribution is -0.123. The Bertz CT molecular complexity index is 1050. The SMILES string of the molecule is CN1CCN(c2ccc(NC(=O)CNC(=O)Cc3cccc4ccccc34)cn2)CC1. The number of benzene rings is 2. The van der Waals surface area contributed by atoms with Crippen molar-refractivity contribution in [3.8, 4) is 0 Å². The van der Waals surface area contributed by atoms with E-state index in [9.17, 15) is 9.59 Å². The summed E-state index contributed by atoms with van der Waals surface area (Å²) in [6.45, 7) is 3.83. The minimum Gasteiger partial charge on any atom is -0.354 e. The predicted molar refractivity (Wildman–Crippen MR) is 123 cm³/mol. The Labute approximate surface area is 182 Å². The van der Waals surface area contributed by atoms with E-state index in [2.05, 4.69) is 32.5 Å². The summed E-state index contributed by atoms with van der Waals surface area (Å²) in [5.41, 5.74) is 1.56. The van der Waals surface area contributed by atoms with Crippen molar-refractivity contribution in [2.45, 2.75) is 6.42 Å². The number of rotatable bonds is 6. The van der Waals surface area contributed by atoms with Crippen LogP contribution in [0.2, 0.25) is 0 Å². The maximum Gasteiger partial charge on any atom is 0.243 e. The summed E-state index contributed by atoms with van der Waals surface area (Å²) < 4.78 is 0. The van der Waals surface area contributed by atoms with Gasteiger partial charge < -0.3 is 20.4 Å². The van der Waals surface area contributed by atoms with Gasteiger partial charge in [0.15, 0.2) is 0 Å². The molecule has 0 spiro atoms. The zero-order chi connectivity index (χ0) is 21.6. The van der Waals surface area contributed by atoms with Gasteiger partial charge in [0.25, 0.3) is 0 Å². The first-order chi connectivity index (χ1) is 15.1. The molecule has 7 heteroatoms. The number of carbonyl (C=O) groups excluding carboxylic acids is 2. The Morgan fingerprint density at radius 1 is 0.935 bits per heavy atom. The molecule has 0 aliphatic carbocycles. The molecule has 160 valence electrons. The second-order valence-electron chi connectivity index (χ2n) is 7.84. The van der Waals surface area contributed by atoms with Crippen molar-refractivity contribution in [1.82, 2.24) is 15.2 Å². The summed E-state index contributed by atoms with van der Waals surface area (Å²) in [5.74, 6) is 0.449. The standard InChI is InChI=1S/C24H27N5O2/c1-28-11-13-29(14-12-28)22-10-9-20(16-25-22)27-24(31)17-26-23(30)15-19-7-4-6-18-5-2-3-8-21(18)19/h2-10,16H,11-15,17H2,1H3,(H,26,30)(H,27,31). The van der Waals surface area contributed by atoms with Gasteiger partial charge in [-0.2, -0.15) is 0 Å². The Kier molecular flexibility index (Phi) is 6.43. The van der Waals surface area contributed by atoms with Gasteiger partial charge in [0.2, 0.25) is 11.8 Å². The molecular weight excluding hydrogens is 390 g/mol. The fraction of sp³-hybridized carbons (Fsp3) is 0.292. The van der Waals surface area contributed by atoms with Crippen LogP contribution in [0.1, 0.15) is 5.56 Å². The van der Waals surface area contributed by atoms with Crippen LogP contribution in [0.15, 0.2) is 60.8 Å². The average Bonchev–Trinajstić information content (AvgIpc) is 2.79. The van der Waals surface area contributed by atoms with E-state index in [-0.39, 0.29) is 24.8 Å². The van der Waals surface area contributed by atoms with Gasteiger partial charge in [-0.25, -0.2) is 4.98 Å². The normalized spacial score (nSPS) is 14.4. The molecule has 1 fully saturated rings. The molecule has 1 aliphatic heterocycles. The molecule has 2 heterocycles. The van der Waals surface area contributed by atoms with Crippen LogP contribution in [0, 0.1) is 0 Å². The fourth-order valence-corrected chi connectivity index (χ4v) is 3.75. The van der Waals surface area contributed by atoms with E-state index in [0.717, 1.165) is 48.3 Å². The molecule has 0 saturated carbocycles. The molecule has 0 radical (unpaired) electrons. The van der Waals surface area contributed by atoms with Crippen molar-refractivity contribution in [2.24, 2.45) is 0 Å². The van der Waals surface area contributed by atoms with E-state index in [1.807, 2.05) is 54.6 Å². The summed E-state index contributed by atoms with van der Waals surface area (Å²) in [6.07, 6.45) is 1.89. The van der Waals surface area contributed by atoms with Gasteiger partial charge in [-0.05, 0) is 35.5 Å². The summed E-state index contributed by atoms with van der Waals surface area (Å²) >= 11 is 0. The predicted octanol–water partition coefficient (Wildman–Crippen LogP) is 2.28. The first-order valence-corrected chi connectivity index (χ1v) is 10.5. The van der Waals surface area contributed by atoms with Gasteiger partial charge >= 0.3 is 0 Å². The Morgan fingerprint density at radius 3 is 2.48 bits per heavy atom. The van der Waals surface area contributed by atoms with E-state index >= 15 is 0 Å². The van der Waals surface area contributed by atoms with Crippen LogP contribution in [-0.2, 0) is 16.0 Å². The monoisotopic (exact) mass is 417 g/mol. The van der Waals surface area contributed by atoms with Crippen molar-refractivity contribution in [3.63, 3.8) is 0 Å². The second-order valence-corrected chi connectivity index (χ2v) is 7.84. The number of nitrogens with one attached hydrogen (secondary N) is 2. The number of fused-ring (bicyclic) bond motifs is 1. The molecule has 1 saturated heterocycles. The molecule has 7 nitrogen and oxygen atoms in total. The largest absolute Gasteiger partial charge is 0.354 e. The number of piperazine rings is 1. The van der Waals surface area contributed by atoms with Crippen LogP contribution in [0.3, 0.4) is 0 Å². The minimum atomic E-state index is -0.277. The molecule has 2 N–H and O–H groups in total. The van der Waals surface area contributed by atoms with E-state index in [1.165, 1.54) is 0 Å². The Balaban J connectivity index is 1.26. The van der Waals surface area contributed by atoms with E-state index in [1.54, 1.807) is 6.20 Å². The van der Waals surface area contributed by atoms with Crippen LogP contribution in [0.4, 0.5) is 11.5 Å². The maximum atomic E-state index is 12.3. The Morgan fingerprint density at radius 2 is 1.71 bits per heavy atom. The van der Waals surface area contributed by atoms with E-state index in [4.69, 9.17) is 0 Å². The third kappa shape index (κ3) is 5.38. The molecule has 3 aromatic rings. The van der Waals surface area contributed by atoms with E-state index < -0.39 is 0 Å². The molecule has 0 bridgehead atoms. The number of pyridine rings is 1. The highest BCUT2D eigenvalue weighted by Crippen LogP contribution is 2.19. The number of carbonyl (C=O) groups is 2. The first kappa shape index (κ1) is 20.8. The van der Waals surface area contributed by atoms with Crippen molar-refractivity contribution >= 4 is 34.1 Å². The maximum absolute atomic E-state index is 12.3. The third-order valence-electron chi connectivity index (χ3n) is 5.54. The van der Waals surface area contributed by atoms with Crippen LogP contribution < -0.4 is 15.5 Å². The molecule has 31 heavy (non-hydrogen) atoms. The van der Waals surface area contributed by atoms with Crippen molar-refractivity contribution in [3.05, 3.63) is 66.4 Å². The molecule has 1 aliphatic rings. The summed E-state index contributed by atoms with van der Waals surface area (Å²) in [7, 11) is 2.12. The lowest BCUT2D eigenvalue weighted by Crippen LogP contribution is -2.44. The van der Waals surface area contributed by atoms with E-state index in [0.29, 0.717) is 5.69 Å². The zero-order valence-electron chi connectivity index (χ0n) is 17.7. The summed E-state index contributed by atoms with van der Waals surface area (Å²) in [5, 5.41) is 7.63. The highest BCUT2D eigenvalue weighted by molar-refractivity contribution is 5.95. The lowest BCUT2D eigenvalue weighted by atomic mass is 10.0. The minimum absolute atomic E-state index is 0.0796. The van der Waals surface area contributed by atoms with Gasteiger partial charge in [0, 0.05) is 26.2 Å². The molecule has 2 aromatic carbocycles. The van der Waals surface area contributed by atoms with Crippen molar-refractivity contribution in [1.29, 1.82) is 0 Å². The smallest absolute Gasteiger partial charge is 0.243 e. The number of amides is 2. The van der Waals surface area contributed by atoms with Crippen LogP contribution in [-0.4, -0.2) is 61.5 Å². The quantitative estimate of drug-likeness (QED) is 0.644. The number of hydrogen-bond donors (Lipinski definition) is 2. The van der Waals surface area contributed by atoms with Gasteiger partial charge in [-0.3, -0.25) is 9.59 Å². The van der Waals surface area contributed by atoms with Crippen molar-refractivity contribution < 1.29 is 9.59 Å². The number of nitrogens with zero attached hydrogens (tertiary/aromatic N) is 3. The summed E-state index contributed by atoms with van der Waals surface area (Å²) in [4.78, 5) is 33.6. The van der Waals surface area contributed by atoms with Crippen LogP contribution in [0.5, 0.6) is 0 Å². The fourth-order valence-electron chi connectivity index (χ4n) is 3.75. The van der Waals surface area contributed by atoms with Crippen LogP contribution in [0.25, 0.3) is 10.8 Å². The Hall–Kier alpha value is -3.45. The van der Waals surface area contributed by atoms with Gasteiger partial charge in [0.05, 0.1) is 24.8 Å². The highest BCUT2D eigenvalue weighted by atomic mass is 16.2. The lowest BCUT2D eigenvalue weighted by Gasteiger charge is -2.33. The van der Waals surface area contributed by atoms with Crippen molar-refractivity contribution in [2.75, 3.05) is 50.0 Å². The molecule has 1 aromatic heterocycles. The average molecular weight is 418 g/mol. The van der Waals surface area contributed by atoms with Crippen LogP contribution >= 0.6 is 0 Å². The van der Waals surface area contributed by atoms with Gasteiger partial charge in [0.1, 0.15) is 5.82 Å². The number of hydrogen-bond acceptors (Lipinski definition) is 5. The third-order valence-corrected chi connectivity index (χ3v) is 5.54. The highest BCUT2D eigenvalue weighted by Gasteiger charge is 2.15. The molecule has 2 amide bonds. The number of anilines is 2. The molecule has 4 rings (SSSR count). The number of likely N-dealkylation sites (N-methyl/N-ethyl adjacent to an activating group) is 1.